The summed E-state index contributed by atoms with van der Waals surface area (Å²) in [5, 5.41) is 10.5. The van der Waals surface area contributed by atoms with Crippen LogP contribution in [0, 0.1) is 0 Å². The van der Waals surface area contributed by atoms with Crippen molar-refractivity contribution in [1.82, 2.24) is 10.6 Å². The van der Waals surface area contributed by atoms with Crippen molar-refractivity contribution in [3.8, 4) is 0 Å². The summed E-state index contributed by atoms with van der Waals surface area (Å²) in [7, 11) is 0. The van der Waals surface area contributed by atoms with Crippen molar-refractivity contribution in [2.24, 2.45) is 4.99 Å². The molecular weight excluding hydrogens is 394 g/mol. The van der Waals surface area contributed by atoms with Gasteiger partial charge in [0.05, 0.1) is 11.5 Å². The molecule has 30 heavy (non-hydrogen) atoms. The van der Waals surface area contributed by atoms with Gasteiger partial charge in [0.15, 0.2) is 5.96 Å². The van der Waals surface area contributed by atoms with Gasteiger partial charge in [-0.25, -0.2) is 4.99 Å². The third kappa shape index (κ3) is 5.14. The van der Waals surface area contributed by atoms with Crippen molar-refractivity contribution in [2.45, 2.75) is 45.2 Å². The molecule has 6 nitrogen and oxygen atoms in total. The van der Waals surface area contributed by atoms with E-state index in [1.165, 1.54) is 5.00 Å². The first-order valence-corrected chi connectivity index (χ1v) is 11.8. The van der Waals surface area contributed by atoms with E-state index in [2.05, 4.69) is 52.1 Å². The van der Waals surface area contributed by atoms with Gasteiger partial charge < -0.3 is 20.4 Å². The minimum atomic E-state index is 0.226. The van der Waals surface area contributed by atoms with Crippen molar-refractivity contribution in [2.75, 3.05) is 36.0 Å². The highest BCUT2D eigenvalue weighted by molar-refractivity contribution is 7.14. The number of piperidine rings is 1. The fourth-order valence-electron chi connectivity index (χ4n) is 4.08. The number of hydrogen-bond donors (Lipinski definition) is 2. The second-order valence-electron chi connectivity index (χ2n) is 7.87. The number of rotatable bonds is 6. The van der Waals surface area contributed by atoms with Gasteiger partial charge in [-0.3, -0.25) is 4.79 Å². The van der Waals surface area contributed by atoms with E-state index in [-0.39, 0.29) is 5.91 Å². The summed E-state index contributed by atoms with van der Waals surface area (Å²) in [5.41, 5.74) is 2.14. The lowest BCUT2D eigenvalue weighted by molar-refractivity contribution is -0.117. The van der Waals surface area contributed by atoms with Gasteiger partial charge in [0.25, 0.3) is 0 Å². The standard InChI is InChI=1S/C23H31N5OS/c1-2-24-23(26-19-11-14-27(15-12-19)22-6-4-16-30-22)25-17-18-7-9-20(10-8-18)28-13-3-5-21(28)29/h4,6-10,16,19H,2-3,5,11-15,17H2,1H3,(H2,24,25,26). The maximum Gasteiger partial charge on any atom is 0.227 e. The second-order valence-corrected chi connectivity index (χ2v) is 8.79. The van der Waals surface area contributed by atoms with Gasteiger partial charge in [-0.15, -0.1) is 11.3 Å². The first kappa shape index (κ1) is 20.7. The van der Waals surface area contributed by atoms with Crippen molar-refractivity contribution in [3.05, 3.63) is 47.3 Å². The molecule has 160 valence electrons. The highest BCUT2D eigenvalue weighted by Gasteiger charge is 2.22. The normalized spacial score (nSPS) is 18.2. The zero-order valence-corrected chi connectivity index (χ0v) is 18.5. The molecule has 0 saturated carbocycles. The lowest BCUT2D eigenvalue weighted by atomic mass is 10.1. The Hall–Kier alpha value is -2.54. The molecule has 2 aromatic rings. The number of amides is 1. The maximum absolute atomic E-state index is 11.9. The Bertz CT molecular complexity index is 841. The van der Waals surface area contributed by atoms with E-state index in [9.17, 15) is 4.79 Å². The number of anilines is 2. The Morgan fingerprint density at radius 3 is 2.60 bits per heavy atom. The number of thiophene rings is 1. The molecule has 0 atom stereocenters. The van der Waals surface area contributed by atoms with E-state index < -0.39 is 0 Å². The molecule has 2 aliphatic rings. The number of nitrogens with one attached hydrogen (secondary N) is 2. The van der Waals surface area contributed by atoms with E-state index >= 15 is 0 Å². The first-order chi connectivity index (χ1) is 14.7. The zero-order chi connectivity index (χ0) is 20.8. The van der Waals surface area contributed by atoms with Gasteiger partial charge >= 0.3 is 0 Å². The van der Waals surface area contributed by atoms with Crippen LogP contribution >= 0.6 is 11.3 Å². The average Bonchev–Trinajstić information content (AvgIpc) is 3.45. The van der Waals surface area contributed by atoms with Crippen LogP contribution in [-0.2, 0) is 11.3 Å². The van der Waals surface area contributed by atoms with Crippen molar-refractivity contribution < 1.29 is 4.79 Å². The number of nitrogens with zero attached hydrogens (tertiary/aromatic N) is 3. The predicted octanol–water partition coefficient (Wildman–Crippen LogP) is 3.60. The summed E-state index contributed by atoms with van der Waals surface area (Å²) < 4.78 is 0. The molecule has 1 aromatic carbocycles. The fraction of sp³-hybridized carbons (Fsp3) is 0.478. The van der Waals surface area contributed by atoms with Crippen LogP contribution < -0.4 is 20.4 Å². The molecule has 0 spiro atoms. The molecule has 0 unspecified atom stereocenters. The van der Waals surface area contributed by atoms with Crippen LogP contribution in [0.3, 0.4) is 0 Å². The lowest BCUT2D eigenvalue weighted by Gasteiger charge is -2.33. The number of aliphatic imine (C=N–C) groups is 1. The Labute approximate surface area is 183 Å². The molecule has 0 bridgehead atoms. The van der Waals surface area contributed by atoms with Crippen LogP contribution in [0.4, 0.5) is 10.7 Å². The van der Waals surface area contributed by atoms with Crippen molar-refractivity contribution >= 4 is 33.9 Å². The Kier molecular flexibility index (Phi) is 6.89. The predicted molar refractivity (Wildman–Crippen MR) is 126 cm³/mol. The van der Waals surface area contributed by atoms with Gasteiger partial charge in [-0.05, 0) is 61.4 Å². The number of carbonyl (C=O) groups is 1. The number of hydrogen-bond acceptors (Lipinski definition) is 4. The molecule has 4 rings (SSSR count). The fourth-order valence-corrected chi connectivity index (χ4v) is 4.87. The average molecular weight is 426 g/mol. The molecule has 0 radical (unpaired) electrons. The molecule has 7 heteroatoms. The summed E-state index contributed by atoms with van der Waals surface area (Å²) in [6.07, 6.45) is 3.84. The quantitative estimate of drug-likeness (QED) is 0.548. The van der Waals surface area contributed by atoms with E-state index in [0.717, 1.165) is 62.7 Å². The number of guanidine groups is 1. The van der Waals surface area contributed by atoms with E-state index in [0.29, 0.717) is 19.0 Å². The highest BCUT2D eigenvalue weighted by atomic mass is 32.1. The van der Waals surface area contributed by atoms with Crippen molar-refractivity contribution in [3.63, 3.8) is 0 Å². The largest absolute Gasteiger partial charge is 0.363 e. The van der Waals surface area contributed by atoms with Gasteiger partial charge in [-0.1, -0.05) is 12.1 Å². The Morgan fingerprint density at radius 1 is 1.17 bits per heavy atom. The molecule has 0 aliphatic carbocycles. The smallest absolute Gasteiger partial charge is 0.227 e. The Morgan fingerprint density at radius 2 is 1.97 bits per heavy atom. The number of carbonyl (C=O) groups excluding carboxylic acids is 1. The van der Waals surface area contributed by atoms with E-state index in [1.54, 1.807) is 0 Å². The molecule has 1 amide bonds. The molecule has 2 saturated heterocycles. The summed E-state index contributed by atoms with van der Waals surface area (Å²) in [5.74, 6) is 1.11. The second kappa shape index (κ2) is 9.98. The van der Waals surface area contributed by atoms with Crippen molar-refractivity contribution in [1.29, 1.82) is 0 Å². The van der Waals surface area contributed by atoms with Gasteiger partial charge in [0, 0.05) is 44.3 Å². The molecule has 3 heterocycles. The zero-order valence-electron chi connectivity index (χ0n) is 17.6. The maximum atomic E-state index is 11.9. The summed E-state index contributed by atoms with van der Waals surface area (Å²) in [6, 6.07) is 13.0. The SMILES string of the molecule is CCNC(=NCc1ccc(N2CCCC2=O)cc1)NC1CCN(c2cccs2)CC1. The van der Waals surface area contributed by atoms with Crippen LogP contribution in [0.15, 0.2) is 46.8 Å². The summed E-state index contributed by atoms with van der Waals surface area (Å²) in [4.78, 5) is 21.0. The minimum Gasteiger partial charge on any atom is -0.363 e. The van der Waals surface area contributed by atoms with Crippen LogP contribution in [0.5, 0.6) is 0 Å². The molecule has 1 aromatic heterocycles. The monoisotopic (exact) mass is 425 g/mol. The molecule has 2 fully saturated rings. The van der Waals surface area contributed by atoms with Crippen LogP contribution in [0.25, 0.3) is 0 Å². The third-order valence-corrected chi connectivity index (χ3v) is 6.67. The molecule has 2 aliphatic heterocycles. The summed E-state index contributed by atoms with van der Waals surface area (Å²) >= 11 is 1.82. The van der Waals surface area contributed by atoms with Gasteiger partial charge in [0.1, 0.15) is 0 Å². The third-order valence-electron chi connectivity index (χ3n) is 5.74. The van der Waals surface area contributed by atoms with Crippen LogP contribution in [0.2, 0.25) is 0 Å². The lowest BCUT2D eigenvalue weighted by Crippen LogP contribution is -2.48. The number of benzene rings is 1. The van der Waals surface area contributed by atoms with Gasteiger partial charge in [0.2, 0.25) is 5.91 Å². The summed E-state index contributed by atoms with van der Waals surface area (Å²) in [6.45, 7) is 6.55. The van der Waals surface area contributed by atoms with Crippen LogP contribution in [-0.4, -0.2) is 44.1 Å². The minimum absolute atomic E-state index is 0.226. The highest BCUT2D eigenvalue weighted by Crippen LogP contribution is 2.25. The van der Waals surface area contributed by atoms with Crippen LogP contribution in [0.1, 0.15) is 38.2 Å². The van der Waals surface area contributed by atoms with E-state index in [1.807, 2.05) is 28.4 Å². The van der Waals surface area contributed by atoms with Gasteiger partial charge in [-0.2, -0.15) is 0 Å². The molecular formula is C23H31N5OS. The first-order valence-electron chi connectivity index (χ1n) is 11.0. The molecule has 2 N–H and O–H groups in total. The Balaban J connectivity index is 1.31. The topological polar surface area (TPSA) is 60.0 Å². The van der Waals surface area contributed by atoms with E-state index in [4.69, 9.17) is 4.99 Å².